The third-order valence-electron chi connectivity index (χ3n) is 2.30. The van der Waals surface area contributed by atoms with Gasteiger partial charge in [0.1, 0.15) is 11.9 Å². The van der Waals surface area contributed by atoms with E-state index in [0.29, 0.717) is 21.4 Å². The summed E-state index contributed by atoms with van der Waals surface area (Å²) in [6, 6.07) is 11.7. The van der Waals surface area contributed by atoms with E-state index in [1.54, 1.807) is 24.3 Å². The number of nitrogens with one attached hydrogen (secondary N) is 1. The highest BCUT2D eigenvalue weighted by Gasteiger charge is 2.06. The van der Waals surface area contributed by atoms with E-state index in [0.717, 1.165) is 4.47 Å². The highest BCUT2D eigenvalue weighted by atomic mass is 79.9. The Morgan fingerprint density at radius 2 is 1.83 bits per heavy atom. The zero-order chi connectivity index (χ0) is 13.1. The summed E-state index contributed by atoms with van der Waals surface area (Å²) in [7, 11) is 0. The molecule has 2 nitrogen and oxygen atoms in total. The summed E-state index contributed by atoms with van der Waals surface area (Å²) in [6.07, 6.45) is 0. The van der Waals surface area contributed by atoms with Crippen molar-refractivity contribution < 1.29 is 4.39 Å². The lowest BCUT2D eigenvalue weighted by atomic mass is 10.2. The molecule has 0 aliphatic rings. The number of anilines is 2. The van der Waals surface area contributed by atoms with E-state index in [4.69, 9.17) is 5.26 Å². The zero-order valence-electron chi connectivity index (χ0n) is 9.05. The van der Waals surface area contributed by atoms with Gasteiger partial charge in [-0.25, -0.2) is 4.39 Å². The topological polar surface area (TPSA) is 35.8 Å². The van der Waals surface area contributed by atoms with Crippen LogP contribution in [0, 0.1) is 17.1 Å². The summed E-state index contributed by atoms with van der Waals surface area (Å²) in [5.41, 5.74) is 1.89. The molecule has 18 heavy (non-hydrogen) atoms. The Morgan fingerprint density at radius 3 is 2.50 bits per heavy atom. The third kappa shape index (κ3) is 2.89. The molecule has 0 aliphatic carbocycles. The summed E-state index contributed by atoms with van der Waals surface area (Å²) in [5, 5.41) is 12.1. The van der Waals surface area contributed by atoms with Crippen molar-refractivity contribution in [1.29, 1.82) is 5.26 Å². The standard InChI is InChI=1S/C13H7Br2FN2/c14-9-2-1-8(7-17)13(5-9)18-12-4-3-10(16)6-11(12)15/h1-6,18H. The van der Waals surface area contributed by atoms with Gasteiger partial charge in [0.2, 0.25) is 0 Å². The second kappa shape index (κ2) is 5.51. The maximum atomic E-state index is 13.0. The first-order chi connectivity index (χ1) is 8.60. The summed E-state index contributed by atoms with van der Waals surface area (Å²) >= 11 is 6.62. The number of hydrogen-bond donors (Lipinski definition) is 1. The van der Waals surface area contributed by atoms with Crippen molar-refractivity contribution in [1.82, 2.24) is 0 Å². The van der Waals surface area contributed by atoms with Gasteiger partial charge in [-0.3, -0.25) is 0 Å². The maximum Gasteiger partial charge on any atom is 0.124 e. The molecule has 0 aromatic heterocycles. The largest absolute Gasteiger partial charge is 0.353 e. The molecule has 5 heteroatoms. The molecule has 1 N–H and O–H groups in total. The second-order valence-electron chi connectivity index (χ2n) is 3.55. The van der Waals surface area contributed by atoms with Crippen LogP contribution in [0.1, 0.15) is 5.56 Å². The minimum Gasteiger partial charge on any atom is -0.353 e. The van der Waals surface area contributed by atoms with Gasteiger partial charge in [0.15, 0.2) is 0 Å². The molecule has 0 aliphatic heterocycles. The molecule has 0 saturated carbocycles. The van der Waals surface area contributed by atoms with E-state index in [9.17, 15) is 4.39 Å². The van der Waals surface area contributed by atoms with Crippen molar-refractivity contribution in [3.05, 3.63) is 56.7 Å². The number of nitriles is 1. The van der Waals surface area contributed by atoms with E-state index in [1.165, 1.54) is 12.1 Å². The number of nitrogens with zero attached hydrogens (tertiary/aromatic N) is 1. The second-order valence-corrected chi connectivity index (χ2v) is 5.32. The molecule has 0 spiro atoms. The Bertz CT molecular complexity index is 635. The molecule has 0 saturated heterocycles. The average Bonchev–Trinajstić information content (AvgIpc) is 2.33. The molecule has 90 valence electrons. The molecule has 0 amide bonds. The van der Waals surface area contributed by atoms with Crippen LogP contribution in [0.3, 0.4) is 0 Å². The summed E-state index contributed by atoms with van der Waals surface area (Å²) < 4.78 is 14.4. The number of rotatable bonds is 2. The zero-order valence-corrected chi connectivity index (χ0v) is 12.2. The van der Waals surface area contributed by atoms with Crippen molar-refractivity contribution in [3.8, 4) is 6.07 Å². The maximum absolute atomic E-state index is 13.0. The normalized spacial score (nSPS) is 9.89. The average molecular weight is 370 g/mol. The van der Waals surface area contributed by atoms with Gasteiger partial charge in [-0.05, 0) is 52.3 Å². The van der Waals surface area contributed by atoms with E-state index < -0.39 is 0 Å². The quantitative estimate of drug-likeness (QED) is 0.811. The van der Waals surface area contributed by atoms with E-state index in [1.807, 2.05) is 0 Å². The first-order valence-electron chi connectivity index (χ1n) is 5.02. The molecule has 0 bridgehead atoms. The molecule has 0 atom stereocenters. The number of benzene rings is 2. The molecule has 0 heterocycles. The van der Waals surface area contributed by atoms with Crippen LogP contribution in [0.15, 0.2) is 45.3 Å². The predicted molar refractivity (Wildman–Crippen MR) is 76.2 cm³/mol. The van der Waals surface area contributed by atoms with Gasteiger partial charge in [0, 0.05) is 8.95 Å². The molecule has 0 fully saturated rings. The van der Waals surface area contributed by atoms with Crippen molar-refractivity contribution in [2.24, 2.45) is 0 Å². The van der Waals surface area contributed by atoms with Crippen LogP contribution in [0.4, 0.5) is 15.8 Å². The van der Waals surface area contributed by atoms with Gasteiger partial charge in [0.05, 0.1) is 16.9 Å². The minimum absolute atomic E-state index is 0.317. The van der Waals surface area contributed by atoms with Crippen LogP contribution in [0.2, 0.25) is 0 Å². The Morgan fingerprint density at radius 1 is 1.06 bits per heavy atom. The Kier molecular flexibility index (Phi) is 4.00. The summed E-state index contributed by atoms with van der Waals surface area (Å²) in [6.45, 7) is 0. The van der Waals surface area contributed by atoms with Gasteiger partial charge in [-0.2, -0.15) is 5.26 Å². The summed E-state index contributed by atoms with van der Waals surface area (Å²) in [4.78, 5) is 0. The van der Waals surface area contributed by atoms with Gasteiger partial charge < -0.3 is 5.32 Å². The highest BCUT2D eigenvalue weighted by Crippen LogP contribution is 2.29. The Hall–Kier alpha value is -1.38. The molecule has 2 aromatic rings. The van der Waals surface area contributed by atoms with Crippen molar-refractivity contribution in [3.63, 3.8) is 0 Å². The van der Waals surface area contributed by atoms with Crippen molar-refractivity contribution in [2.75, 3.05) is 5.32 Å². The van der Waals surface area contributed by atoms with Crippen LogP contribution >= 0.6 is 31.9 Å². The Labute approximate surface area is 121 Å². The number of hydrogen-bond acceptors (Lipinski definition) is 2. The highest BCUT2D eigenvalue weighted by molar-refractivity contribution is 9.10. The fourth-order valence-electron chi connectivity index (χ4n) is 1.45. The van der Waals surface area contributed by atoms with Crippen LogP contribution in [0.25, 0.3) is 0 Å². The minimum atomic E-state index is -0.317. The predicted octanol–water partition coefficient (Wildman–Crippen LogP) is 4.97. The smallest absolute Gasteiger partial charge is 0.124 e. The monoisotopic (exact) mass is 368 g/mol. The fraction of sp³-hybridized carbons (Fsp3) is 0. The van der Waals surface area contributed by atoms with Crippen LogP contribution in [0.5, 0.6) is 0 Å². The van der Waals surface area contributed by atoms with E-state index in [2.05, 4.69) is 43.2 Å². The van der Waals surface area contributed by atoms with Crippen LogP contribution < -0.4 is 5.32 Å². The SMILES string of the molecule is N#Cc1ccc(Br)cc1Nc1ccc(F)cc1Br. The van der Waals surface area contributed by atoms with Crippen molar-refractivity contribution >= 4 is 43.2 Å². The molecular weight excluding hydrogens is 363 g/mol. The van der Waals surface area contributed by atoms with Gasteiger partial charge in [-0.1, -0.05) is 15.9 Å². The first kappa shape index (κ1) is 13.1. The van der Waals surface area contributed by atoms with Gasteiger partial charge >= 0.3 is 0 Å². The molecular formula is C13H7Br2FN2. The molecule has 2 rings (SSSR count). The van der Waals surface area contributed by atoms with Crippen molar-refractivity contribution in [2.45, 2.75) is 0 Å². The lowest BCUT2D eigenvalue weighted by Gasteiger charge is -2.10. The van der Waals surface area contributed by atoms with Crippen LogP contribution in [-0.4, -0.2) is 0 Å². The molecule has 0 unspecified atom stereocenters. The van der Waals surface area contributed by atoms with Gasteiger partial charge in [-0.15, -0.1) is 0 Å². The van der Waals surface area contributed by atoms with E-state index in [-0.39, 0.29) is 5.82 Å². The lowest BCUT2D eigenvalue weighted by molar-refractivity contribution is 0.627. The number of halogens is 3. The van der Waals surface area contributed by atoms with Gasteiger partial charge in [0.25, 0.3) is 0 Å². The Balaban J connectivity index is 2.40. The summed E-state index contributed by atoms with van der Waals surface area (Å²) in [5.74, 6) is -0.317. The molecule has 0 radical (unpaired) electrons. The third-order valence-corrected chi connectivity index (χ3v) is 3.45. The first-order valence-corrected chi connectivity index (χ1v) is 6.60. The lowest BCUT2D eigenvalue weighted by Crippen LogP contribution is -1.95. The fourth-order valence-corrected chi connectivity index (χ4v) is 2.26. The van der Waals surface area contributed by atoms with E-state index >= 15 is 0 Å². The molecule has 2 aromatic carbocycles. The van der Waals surface area contributed by atoms with Crippen LogP contribution in [-0.2, 0) is 0 Å².